The standard InChI is InChI=1S/C22H17ClN4O3/c1-29-19-8-5-15(10-20(19)30-2)21-26-18-7-6-16(23)11-17(18)22(28)27(21)25-13-14-4-3-9-24-12-14/h3-13H,1-2H3. The first-order valence-corrected chi connectivity index (χ1v) is 9.37. The van der Waals surface area contributed by atoms with Crippen LogP contribution < -0.4 is 15.0 Å². The van der Waals surface area contributed by atoms with Crippen LogP contribution in [0.3, 0.4) is 0 Å². The van der Waals surface area contributed by atoms with Gasteiger partial charge in [0, 0.05) is 28.5 Å². The summed E-state index contributed by atoms with van der Waals surface area (Å²) in [6.45, 7) is 0. The summed E-state index contributed by atoms with van der Waals surface area (Å²) in [5, 5.41) is 5.21. The Morgan fingerprint density at radius 1 is 1.07 bits per heavy atom. The van der Waals surface area contributed by atoms with Crippen LogP contribution in [0.5, 0.6) is 11.5 Å². The van der Waals surface area contributed by atoms with Gasteiger partial charge >= 0.3 is 0 Å². The number of aromatic nitrogens is 3. The number of rotatable bonds is 5. The van der Waals surface area contributed by atoms with Gasteiger partial charge in [-0.2, -0.15) is 9.78 Å². The predicted molar refractivity (Wildman–Crippen MR) is 117 cm³/mol. The fourth-order valence-corrected chi connectivity index (χ4v) is 3.17. The van der Waals surface area contributed by atoms with Crippen molar-refractivity contribution >= 4 is 28.7 Å². The molecule has 0 aliphatic carbocycles. The average Bonchev–Trinajstić information content (AvgIpc) is 2.79. The molecular formula is C22H17ClN4O3. The van der Waals surface area contributed by atoms with Crippen molar-refractivity contribution in [2.24, 2.45) is 5.10 Å². The van der Waals surface area contributed by atoms with Crippen molar-refractivity contribution in [3.8, 4) is 22.9 Å². The third-order valence-electron chi connectivity index (χ3n) is 4.46. The van der Waals surface area contributed by atoms with Gasteiger partial charge < -0.3 is 9.47 Å². The van der Waals surface area contributed by atoms with E-state index in [-0.39, 0.29) is 5.56 Å². The Morgan fingerprint density at radius 2 is 1.90 bits per heavy atom. The second-order valence-corrected chi connectivity index (χ2v) is 6.75. The Labute approximate surface area is 177 Å². The largest absolute Gasteiger partial charge is 0.493 e. The van der Waals surface area contributed by atoms with E-state index in [9.17, 15) is 4.79 Å². The summed E-state index contributed by atoms with van der Waals surface area (Å²) in [5.41, 5.74) is 1.56. The number of hydrogen-bond donors (Lipinski definition) is 0. The van der Waals surface area contributed by atoms with Crippen molar-refractivity contribution < 1.29 is 9.47 Å². The SMILES string of the molecule is COc1ccc(-c2nc3ccc(Cl)cc3c(=O)n2N=Cc2cccnc2)cc1OC. The molecule has 0 fully saturated rings. The Morgan fingerprint density at radius 3 is 2.63 bits per heavy atom. The van der Waals surface area contributed by atoms with Crippen molar-refractivity contribution in [2.45, 2.75) is 0 Å². The molecule has 2 aromatic carbocycles. The van der Waals surface area contributed by atoms with E-state index in [0.717, 1.165) is 5.56 Å². The number of nitrogens with zero attached hydrogens (tertiary/aromatic N) is 4. The molecule has 0 amide bonds. The van der Waals surface area contributed by atoms with Crippen LogP contribution in [-0.2, 0) is 0 Å². The van der Waals surface area contributed by atoms with Crippen LogP contribution in [0.2, 0.25) is 5.02 Å². The fourth-order valence-electron chi connectivity index (χ4n) is 2.99. The van der Waals surface area contributed by atoms with Crippen molar-refractivity contribution in [3.05, 3.63) is 81.9 Å². The summed E-state index contributed by atoms with van der Waals surface area (Å²) >= 11 is 6.09. The Balaban J connectivity index is 1.97. The lowest BCUT2D eigenvalue weighted by atomic mass is 10.1. The maximum atomic E-state index is 13.3. The van der Waals surface area contributed by atoms with Gasteiger partial charge in [-0.05, 0) is 42.5 Å². The van der Waals surface area contributed by atoms with Crippen molar-refractivity contribution in [1.82, 2.24) is 14.6 Å². The minimum Gasteiger partial charge on any atom is -0.493 e. The van der Waals surface area contributed by atoms with Gasteiger partial charge in [-0.25, -0.2) is 4.98 Å². The number of benzene rings is 2. The molecule has 8 heteroatoms. The molecule has 7 nitrogen and oxygen atoms in total. The number of methoxy groups -OCH3 is 2. The topological polar surface area (TPSA) is 78.6 Å². The van der Waals surface area contributed by atoms with Gasteiger partial charge in [-0.15, -0.1) is 0 Å². The summed E-state index contributed by atoms with van der Waals surface area (Å²) in [6, 6.07) is 13.9. The Kier molecular flexibility index (Phi) is 5.45. The van der Waals surface area contributed by atoms with Crippen LogP contribution in [0.25, 0.3) is 22.3 Å². The molecule has 0 atom stereocenters. The minimum absolute atomic E-state index is 0.340. The molecule has 2 heterocycles. The number of ether oxygens (including phenoxy) is 2. The summed E-state index contributed by atoms with van der Waals surface area (Å²) in [5.74, 6) is 1.45. The van der Waals surface area contributed by atoms with Gasteiger partial charge in [0.05, 0.1) is 31.3 Å². The summed E-state index contributed by atoms with van der Waals surface area (Å²) in [4.78, 5) is 22.0. The molecule has 0 saturated carbocycles. The maximum Gasteiger partial charge on any atom is 0.282 e. The lowest BCUT2D eigenvalue weighted by molar-refractivity contribution is 0.355. The van der Waals surface area contributed by atoms with E-state index < -0.39 is 0 Å². The van der Waals surface area contributed by atoms with E-state index in [1.54, 1.807) is 75.3 Å². The highest BCUT2D eigenvalue weighted by Gasteiger charge is 2.15. The van der Waals surface area contributed by atoms with E-state index in [4.69, 9.17) is 21.1 Å². The van der Waals surface area contributed by atoms with Gasteiger partial charge in [-0.1, -0.05) is 17.7 Å². The van der Waals surface area contributed by atoms with Crippen molar-refractivity contribution in [2.75, 3.05) is 14.2 Å². The molecule has 30 heavy (non-hydrogen) atoms. The summed E-state index contributed by atoms with van der Waals surface area (Å²) in [6.07, 6.45) is 4.87. The maximum absolute atomic E-state index is 13.3. The molecule has 0 unspecified atom stereocenters. The molecular weight excluding hydrogens is 404 g/mol. The lowest BCUT2D eigenvalue weighted by Gasteiger charge is -2.12. The highest BCUT2D eigenvalue weighted by molar-refractivity contribution is 6.31. The normalized spacial score (nSPS) is 11.2. The number of pyridine rings is 1. The van der Waals surface area contributed by atoms with E-state index in [1.165, 1.54) is 4.68 Å². The molecule has 0 radical (unpaired) electrons. The smallest absolute Gasteiger partial charge is 0.282 e. The highest BCUT2D eigenvalue weighted by atomic mass is 35.5. The lowest BCUT2D eigenvalue weighted by Crippen LogP contribution is -2.20. The number of hydrogen-bond acceptors (Lipinski definition) is 6. The van der Waals surface area contributed by atoms with Crippen molar-refractivity contribution in [3.63, 3.8) is 0 Å². The molecule has 0 saturated heterocycles. The number of fused-ring (bicyclic) bond motifs is 1. The second kappa shape index (κ2) is 8.34. The zero-order chi connectivity index (χ0) is 21.1. The molecule has 0 spiro atoms. The molecule has 2 aromatic heterocycles. The Bertz CT molecular complexity index is 1300. The average molecular weight is 421 g/mol. The molecule has 0 aliphatic rings. The Hall–Kier alpha value is -3.71. The van der Waals surface area contributed by atoms with Crippen LogP contribution in [0, 0.1) is 0 Å². The van der Waals surface area contributed by atoms with Gasteiger partial charge in [0.25, 0.3) is 5.56 Å². The predicted octanol–water partition coefficient (Wildman–Crippen LogP) is 4.01. The quantitative estimate of drug-likeness (QED) is 0.456. The molecule has 150 valence electrons. The second-order valence-electron chi connectivity index (χ2n) is 6.31. The van der Waals surface area contributed by atoms with Crippen LogP contribution >= 0.6 is 11.6 Å². The summed E-state index contributed by atoms with van der Waals surface area (Å²) in [7, 11) is 3.11. The molecule has 4 rings (SSSR count). The monoisotopic (exact) mass is 420 g/mol. The zero-order valence-corrected chi connectivity index (χ0v) is 17.0. The first-order chi connectivity index (χ1) is 14.6. The van der Waals surface area contributed by atoms with Gasteiger partial charge in [-0.3, -0.25) is 9.78 Å². The molecule has 0 aliphatic heterocycles. The van der Waals surface area contributed by atoms with Gasteiger partial charge in [0.1, 0.15) is 0 Å². The fraction of sp³-hybridized carbons (Fsp3) is 0.0909. The van der Waals surface area contributed by atoms with Crippen LogP contribution in [-0.4, -0.2) is 35.1 Å². The third kappa shape index (κ3) is 3.75. The minimum atomic E-state index is -0.340. The number of halogens is 1. The zero-order valence-electron chi connectivity index (χ0n) is 16.2. The highest BCUT2D eigenvalue weighted by Crippen LogP contribution is 2.32. The molecule has 4 aromatic rings. The molecule has 0 bridgehead atoms. The van der Waals surface area contributed by atoms with Gasteiger partial charge in [0.2, 0.25) is 0 Å². The first-order valence-electron chi connectivity index (χ1n) is 9.00. The summed E-state index contributed by atoms with van der Waals surface area (Å²) < 4.78 is 11.9. The van der Waals surface area contributed by atoms with Gasteiger partial charge in [0.15, 0.2) is 17.3 Å². The van der Waals surface area contributed by atoms with Crippen LogP contribution in [0.15, 0.2) is 70.8 Å². The van der Waals surface area contributed by atoms with E-state index in [2.05, 4.69) is 15.1 Å². The van der Waals surface area contributed by atoms with Crippen LogP contribution in [0.1, 0.15) is 5.56 Å². The van der Waals surface area contributed by atoms with E-state index in [0.29, 0.717) is 38.8 Å². The van der Waals surface area contributed by atoms with E-state index >= 15 is 0 Å². The third-order valence-corrected chi connectivity index (χ3v) is 4.69. The molecule has 0 N–H and O–H groups in total. The van der Waals surface area contributed by atoms with Crippen molar-refractivity contribution in [1.29, 1.82) is 0 Å². The van der Waals surface area contributed by atoms with E-state index in [1.807, 2.05) is 6.07 Å². The first kappa shape index (κ1) is 19.6. The van der Waals surface area contributed by atoms with Crippen LogP contribution in [0.4, 0.5) is 0 Å².